The van der Waals surface area contributed by atoms with Crippen molar-refractivity contribution in [1.29, 1.82) is 0 Å². The number of aromatic nitrogens is 2. The number of nitrogens with two attached hydrogens (primary N) is 2. The monoisotopic (exact) mass is 252 g/mol. The number of thioether (sulfide) groups is 1. The maximum atomic E-state index is 11.2. The van der Waals surface area contributed by atoms with Gasteiger partial charge in [0.1, 0.15) is 12.0 Å². The standard InChI is InChI=1S/C9H12N6OS/c1-3-5-8(14-9(11)17-5)15-2-12-4(6(10)16)7(15)13-3/h2-3,5,8,13H,1H3,(H2,10,16)(H2,11,14)/t3-,5-,8+/m0/s1. The topological polar surface area (TPSA) is 111 Å². The summed E-state index contributed by atoms with van der Waals surface area (Å²) in [5.74, 6) is 0.0878. The van der Waals surface area contributed by atoms with Gasteiger partial charge in [-0.25, -0.2) is 9.98 Å². The maximum absolute atomic E-state index is 11.2. The highest BCUT2D eigenvalue weighted by atomic mass is 32.2. The molecular formula is C9H12N6OS. The minimum Gasteiger partial charge on any atom is -0.378 e. The molecule has 0 saturated heterocycles. The lowest BCUT2D eigenvalue weighted by molar-refractivity contribution is 0.0996. The van der Waals surface area contributed by atoms with Gasteiger partial charge >= 0.3 is 0 Å². The van der Waals surface area contributed by atoms with Crippen molar-refractivity contribution < 1.29 is 4.79 Å². The zero-order valence-electron chi connectivity index (χ0n) is 9.12. The molecule has 5 N–H and O–H groups in total. The molecule has 0 fully saturated rings. The number of amides is 1. The summed E-state index contributed by atoms with van der Waals surface area (Å²) in [7, 11) is 0. The Hall–Kier alpha value is -1.70. The molecule has 1 aromatic heterocycles. The van der Waals surface area contributed by atoms with E-state index >= 15 is 0 Å². The highest BCUT2D eigenvalue weighted by Gasteiger charge is 2.40. The number of amidine groups is 1. The van der Waals surface area contributed by atoms with Gasteiger partial charge in [0.25, 0.3) is 5.91 Å². The van der Waals surface area contributed by atoms with Crippen LogP contribution in [0.1, 0.15) is 23.6 Å². The minimum absolute atomic E-state index is 0.105. The lowest BCUT2D eigenvalue weighted by atomic mass is 10.1. The molecule has 3 heterocycles. The Labute approximate surface area is 102 Å². The first-order chi connectivity index (χ1) is 8.08. The van der Waals surface area contributed by atoms with Gasteiger partial charge in [0, 0.05) is 6.04 Å². The fourth-order valence-corrected chi connectivity index (χ4v) is 3.23. The van der Waals surface area contributed by atoms with Gasteiger partial charge in [-0.3, -0.25) is 9.36 Å². The second-order valence-corrected chi connectivity index (χ2v) is 5.31. The lowest BCUT2D eigenvalue weighted by Gasteiger charge is -2.32. The predicted molar refractivity (Wildman–Crippen MR) is 65.9 cm³/mol. The Balaban J connectivity index is 2.10. The molecule has 0 radical (unpaired) electrons. The maximum Gasteiger partial charge on any atom is 0.271 e. The Kier molecular flexibility index (Phi) is 2.09. The van der Waals surface area contributed by atoms with E-state index in [1.807, 2.05) is 11.5 Å². The smallest absolute Gasteiger partial charge is 0.271 e. The summed E-state index contributed by atoms with van der Waals surface area (Å²) in [6.45, 7) is 2.03. The van der Waals surface area contributed by atoms with Crippen molar-refractivity contribution in [2.75, 3.05) is 5.32 Å². The number of hydrogen-bond acceptors (Lipinski definition) is 6. The SMILES string of the molecule is C[C@@H]1Nc2c(C(N)=O)ncn2[C@H]2N=C(N)S[C@@H]12. The van der Waals surface area contributed by atoms with Gasteiger partial charge in [0.15, 0.2) is 10.9 Å². The molecule has 3 rings (SSSR count). The summed E-state index contributed by atoms with van der Waals surface area (Å²) in [5.41, 5.74) is 11.3. The summed E-state index contributed by atoms with van der Waals surface area (Å²) in [5, 5.41) is 4.02. The summed E-state index contributed by atoms with van der Waals surface area (Å²) in [4.78, 5) is 19.6. The van der Waals surface area contributed by atoms with Crippen molar-refractivity contribution in [3.05, 3.63) is 12.0 Å². The highest BCUT2D eigenvalue weighted by Crippen LogP contribution is 2.41. The number of nitrogens with one attached hydrogen (secondary N) is 1. The normalized spacial score (nSPS) is 30.2. The molecule has 0 saturated carbocycles. The van der Waals surface area contributed by atoms with Gasteiger partial charge in [-0.2, -0.15) is 0 Å². The Morgan fingerprint density at radius 1 is 1.65 bits per heavy atom. The molecule has 2 aliphatic rings. The van der Waals surface area contributed by atoms with Crippen LogP contribution in [0.15, 0.2) is 11.3 Å². The molecule has 7 nitrogen and oxygen atoms in total. The number of aliphatic imine (C=N–C) groups is 1. The van der Waals surface area contributed by atoms with Crippen molar-refractivity contribution in [1.82, 2.24) is 9.55 Å². The number of carbonyl (C=O) groups excluding carboxylic acids is 1. The number of rotatable bonds is 1. The van der Waals surface area contributed by atoms with E-state index in [2.05, 4.69) is 15.3 Å². The van der Waals surface area contributed by atoms with E-state index < -0.39 is 5.91 Å². The van der Waals surface area contributed by atoms with Crippen molar-refractivity contribution in [3.63, 3.8) is 0 Å². The van der Waals surface area contributed by atoms with E-state index in [4.69, 9.17) is 11.5 Å². The van der Waals surface area contributed by atoms with Crippen LogP contribution in [0.5, 0.6) is 0 Å². The number of imidazole rings is 1. The Bertz CT molecular complexity index is 524. The van der Waals surface area contributed by atoms with Crippen LogP contribution < -0.4 is 16.8 Å². The van der Waals surface area contributed by atoms with Gasteiger partial charge in [-0.05, 0) is 6.92 Å². The summed E-state index contributed by atoms with van der Waals surface area (Å²) in [6.07, 6.45) is 1.47. The molecule has 8 heteroatoms. The third-order valence-corrected chi connectivity index (χ3v) is 4.25. The molecule has 0 spiro atoms. The molecule has 0 unspecified atom stereocenters. The fraction of sp³-hybridized carbons (Fsp3) is 0.444. The van der Waals surface area contributed by atoms with E-state index in [0.717, 1.165) is 0 Å². The van der Waals surface area contributed by atoms with E-state index in [1.165, 1.54) is 11.8 Å². The van der Waals surface area contributed by atoms with E-state index in [-0.39, 0.29) is 23.2 Å². The van der Waals surface area contributed by atoms with Crippen LogP contribution in [0, 0.1) is 0 Å². The van der Waals surface area contributed by atoms with Crippen LogP contribution in [0.25, 0.3) is 0 Å². The summed E-state index contributed by atoms with van der Waals surface area (Å²) >= 11 is 1.54. The van der Waals surface area contributed by atoms with Gasteiger partial charge in [0.05, 0.1) is 11.6 Å². The van der Waals surface area contributed by atoms with Gasteiger partial charge in [-0.1, -0.05) is 11.8 Å². The Morgan fingerprint density at radius 2 is 2.41 bits per heavy atom. The quantitative estimate of drug-likeness (QED) is 0.636. The number of carbonyl (C=O) groups is 1. The first-order valence-corrected chi connectivity index (χ1v) is 6.09. The lowest BCUT2D eigenvalue weighted by Crippen LogP contribution is -2.39. The Morgan fingerprint density at radius 3 is 3.12 bits per heavy atom. The number of anilines is 1. The summed E-state index contributed by atoms with van der Waals surface area (Å²) < 4.78 is 1.82. The number of nitrogens with zero attached hydrogens (tertiary/aromatic N) is 3. The minimum atomic E-state index is -0.542. The first kappa shape index (κ1) is 10.5. The average Bonchev–Trinajstić information content (AvgIpc) is 2.80. The fourth-order valence-electron chi connectivity index (χ4n) is 2.20. The van der Waals surface area contributed by atoms with Crippen LogP contribution >= 0.6 is 11.8 Å². The second-order valence-electron chi connectivity index (χ2n) is 4.11. The average molecular weight is 252 g/mol. The zero-order valence-corrected chi connectivity index (χ0v) is 9.94. The van der Waals surface area contributed by atoms with Gasteiger partial charge < -0.3 is 16.8 Å². The van der Waals surface area contributed by atoms with E-state index in [0.29, 0.717) is 11.0 Å². The van der Waals surface area contributed by atoms with Crippen molar-refractivity contribution in [3.8, 4) is 0 Å². The molecule has 1 aromatic rings. The van der Waals surface area contributed by atoms with Crippen LogP contribution in [0.3, 0.4) is 0 Å². The molecule has 0 aliphatic carbocycles. The third-order valence-electron chi connectivity index (χ3n) is 2.98. The molecule has 0 aromatic carbocycles. The number of hydrogen-bond donors (Lipinski definition) is 3. The molecule has 0 bridgehead atoms. The largest absolute Gasteiger partial charge is 0.378 e. The van der Waals surface area contributed by atoms with Gasteiger partial charge in [0.2, 0.25) is 0 Å². The van der Waals surface area contributed by atoms with E-state index in [9.17, 15) is 4.79 Å². The highest BCUT2D eigenvalue weighted by molar-refractivity contribution is 8.14. The first-order valence-electron chi connectivity index (χ1n) is 5.21. The third kappa shape index (κ3) is 1.40. The van der Waals surface area contributed by atoms with Crippen LogP contribution in [-0.4, -0.2) is 31.9 Å². The summed E-state index contributed by atoms with van der Waals surface area (Å²) in [6, 6.07) is 0.150. The molecular weight excluding hydrogens is 240 g/mol. The van der Waals surface area contributed by atoms with Crippen LogP contribution in [0.4, 0.5) is 5.82 Å². The van der Waals surface area contributed by atoms with Crippen LogP contribution in [0.2, 0.25) is 0 Å². The molecule has 17 heavy (non-hydrogen) atoms. The van der Waals surface area contributed by atoms with Crippen molar-refractivity contribution in [2.45, 2.75) is 24.4 Å². The molecule has 90 valence electrons. The van der Waals surface area contributed by atoms with Crippen LogP contribution in [-0.2, 0) is 0 Å². The van der Waals surface area contributed by atoms with E-state index in [1.54, 1.807) is 6.33 Å². The predicted octanol–water partition coefficient (Wildman–Crippen LogP) is -0.275. The number of primary amides is 1. The molecule has 3 atom stereocenters. The number of fused-ring (bicyclic) bond motifs is 3. The second kappa shape index (κ2) is 3.39. The zero-order chi connectivity index (χ0) is 12.2. The molecule has 1 amide bonds. The van der Waals surface area contributed by atoms with Crippen molar-refractivity contribution >= 4 is 28.7 Å². The van der Waals surface area contributed by atoms with Crippen molar-refractivity contribution in [2.24, 2.45) is 16.5 Å². The van der Waals surface area contributed by atoms with Gasteiger partial charge in [-0.15, -0.1) is 0 Å². The molecule has 2 aliphatic heterocycles.